The lowest BCUT2D eigenvalue weighted by molar-refractivity contribution is 0.571. The Bertz CT molecular complexity index is 865. The number of H-pyrrole nitrogens is 1. The SMILES string of the molecule is CC(C)(C)c1cnc[nH]1.Cc1cc(C)c(Cn2cnc(C(C)(C)C)c2)c(C)c1. The van der Waals surface area contributed by atoms with E-state index in [-0.39, 0.29) is 10.8 Å². The summed E-state index contributed by atoms with van der Waals surface area (Å²) in [6, 6.07) is 4.51. The summed E-state index contributed by atoms with van der Waals surface area (Å²) in [6.07, 6.45) is 7.68. The summed E-state index contributed by atoms with van der Waals surface area (Å²) in [4.78, 5) is 11.5. The molecule has 0 amide bonds. The summed E-state index contributed by atoms with van der Waals surface area (Å²) in [5, 5.41) is 0. The summed E-state index contributed by atoms with van der Waals surface area (Å²) >= 11 is 0. The van der Waals surface area contributed by atoms with Crippen LogP contribution in [0.3, 0.4) is 0 Å². The van der Waals surface area contributed by atoms with Crippen LogP contribution in [0, 0.1) is 20.8 Å². The average molecular weight is 381 g/mol. The van der Waals surface area contributed by atoms with Gasteiger partial charge in [-0.2, -0.15) is 0 Å². The van der Waals surface area contributed by atoms with Crippen LogP contribution in [0.15, 0.2) is 37.2 Å². The van der Waals surface area contributed by atoms with E-state index in [0.717, 1.165) is 12.2 Å². The molecule has 0 bridgehead atoms. The second-order valence-corrected chi connectivity index (χ2v) is 9.77. The molecular weight excluding hydrogens is 344 g/mol. The summed E-state index contributed by atoms with van der Waals surface area (Å²) in [5.74, 6) is 0. The fourth-order valence-electron chi connectivity index (χ4n) is 3.14. The number of imidazole rings is 2. The van der Waals surface area contributed by atoms with Crippen molar-refractivity contribution in [2.75, 3.05) is 0 Å². The van der Waals surface area contributed by atoms with Crippen molar-refractivity contribution < 1.29 is 0 Å². The van der Waals surface area contributed by atoms with E-state index < -0.39 is 0 Å². The minimum absolute atomic E-state index is 0.114. The van der Waals surface area contributed by atoms with Crippen LogP contribution in [-0.4, -0.2) is 19.5 Å². The number of aryl methyl sites for hydroxylation is 3. The molecule has 0 atom stereocenters. The Morgan fingerprint density at radius 2 is 1.54 bits per heavy atom. The second-order valence-electron chi connectivity index (χ2n) is 9.77. The first-order valence-electron chi connectivity index (χ1n) is 9.96. The maximum atomic E-state index is 4.52. The molecule has 2 aromatic heterocycles. The molecule has 0 aliphatic carbocycles. The van der Waals surface area contributed by atoms with E-state index in [0.29, 0.717) is 0 Å². The summed E-state index contributed by atoms with van der Waals surface area (Å²) in [6.45, 7) is 20.5. The van der Waals surface area contributed by atoms with Crippen LogP contribution < -0.4 is 0 Å². The monoisotopic (exact) mass is 380 g/mol. The average Bonchev–Trinajstić information content (AvgIpc) is 3.22. The fourth-order valence-corrected chi connectivity index (χ4v) is 3.14. The number of hydrogen-bond donors (Lipinski definition) is 1. The van der Waals surface area contributed by atoms with Gasteiger partial charge in [-0.05, 0) is 37.5 Å². The maximum absolute atomic E-state index is 4.52. The molecule has 3 rings (SSSR count). The number of rotatable bonds is 2. The summed E-state index contributed by atoms with van der Waals surface area (Å²) in [5.41, 5.74) is 8.12. The van der Waals surface area contributed by atoms with Crippen molar-refractivity contribution in [1.29, 1.82) is 0 Å². The lowest BCUT2D eigenvalue weighted by Gasteiger charge is -2.15. The molecule has 4 nitrogen and oxygen atoms in total. The first-order chi connectivity index (χ1) is 12.9. The Labute approximate surface area is 170 Å². The third-order valence-corrected chi connectivity index (χ3v) is 4.89. The van der Waals surface area contributed by atoms with E-state index in [4.69, 9.17) is 0 Å². The van der Waals surface area contributed by atoms with Crippen LogP contribution in [-0.2, 0) is 17.4 Å². The van der Waals surface area contributed by atoms with Gasteiger partial charge in [0.15, 0.2) is 0 Å². The van der Waals surface area contributed by atoms with Crippen LogP contribution >= 0.6 is 0 Å². The predicted octanol–water partition coefficient (Wildman–Crippen LogP) is 5.86. The smallest absolute Gasteiger partial charge is 0.0952 e. The van der Waals surface area contributed by atoms with Gasteiger partial charge in [-0.1, -0.05) is 59.2 Å². The Morgan fingerprint density at radius 3 is 1.93 bits per heavy atom. The van der Waals surface area contributed by atoms with Crippen LogP contribution in [0.25, 0.3) is 0 Å². The number of nitrogens with zero attached hydrogens (tertiary/aromatic N) is 3. The number of hydrogen-bond acceptors (Lipinski definition) is 2. The molecule has 0 unspecified atom stereocenters. The molecule has 1 aromatic carbocycles. The van der Waals surface area contributed by atoms with Gasteiger partial charge < -0.3 is 9.55 Å². The first kappa shape index (κ1) is 21.9. The Hall–Kier alpha value is -2.36. The highest BCUT2D eigenvalue weighted by Crippen LogP contribution is 2.22. The first-order valence-corrected chi connectivity index (χ1v) is 9.96. The molecule has 1 N–H and O–H groups in total. The van der Waals surface area contributed by atoms with E-state index in [1.807, 2.05) is 12.5 Å². The third kappa shape index (κ3) is 5.82. The van der Waals surface area contributed by atoms with Crippen molar-refractivity contribution in [2.45, 2.75) is 79.7 Å². The highest BCUT2D eigenvalue weighted by molar-refractivity contribution is 5.37. The zero-order valence-electron chi connectivity index (χ0n) is 19.0. The van der Waals surface area contributed by atoms with Crippen molar-refractivity contribution in [3.63, 3.8) is 0 Å². The number of aromatic amines is 1. The standard InChI is InChI=1S/C17H24N2.C7H12N2/c1-12-7-13(2)15(14(3)8-12)9-19-10-16(18-11-19)17(4,5)6;1-7(2,3)6-4-8-5-9-6/h7-8,10-11H,9H2,1-6H3;4-5H,1-3H3,(H,8,9). The van der Waals surface area contributed by atoms with E-state index in [1.54, 1.807) is 6.33 Å². The van der Waals surface area contributed by atoms with Crippen LogP contribution in [0.1, 0.15) is 75.2 Å². The zero-order chi connectivity index (χ0) is 21.1. The van der Waals surface area contributed by atoms with Gasteiger partial charge >= 0.3 is 0 Å². The molecule has 0 spiro atoms. The molecule has 0 aliphatic rings. The number of nitrogens with one attached hydrogen (secondary N) is 1. The summed E-state index contributed by atoms with van der Waals surface area (Å²) in [7, 11) is 0. The van der Waals surface area contributed by atoms with E-state index >= 15 is 0 Å². The van der Waals surface area contributed by atoms with Gasteiger partial charge in [-0.15, -0.1) is 0 Å². The van der Waals surface area contributed by atoms with Gasteiger partial charge in [0.2, 0.25) is 0 Å². The summed E-state index contributed by atoms with van der Waals surface area (Å²) < 4.78 is 2.19. The minimum atomic E-state index is 0.114. The molecule has 3 aromatic rings. The number of benzene rings is 1. The van der Waals surface area contributed by atoms with Gasteiger partial charge in [0.05, 0.1) is 18.3 Å². The van der Waals surface area contributed by atoms with Crippen LogP contribution in [0.2, 0.25) is 0 Å². The van der Waals surface area contributed by atoms with E-state index in [1.165, 1.54) is 27.9 Å². The molecule has 0 fully saturated rings. The zero-order valence-corrected chi connectivity index (χ0v) is 19.0. The van der Waals surface area contributed by atoms with Crippen molar-refractivity contribution in [2.24, 2.45) is 0 Å². The molecule has 28 heavy (non-hydrogen) atoms. The highest BCUT2D eigenvalue weighted by Gasteiger charge is 2.17. The van der Waals surface area contributed by atoms with Gasteiger partial charge in [-0.3, -0.25) is 0 Å². The predicted molar refractivity (Wildman–Crippen MR) is 118 cm³/mol. The molecule has 152 valence electrons. The lowest BCUT2D eigenvalue weighted by atomic mass is 9.93. The van der Waals surface area contributed by atoms with Gasteiger partial charge in [-0.25, -0.2) is 9.97 Å². The highest BCUT2D eigenvalue weighted by atomic mass is 15.0. The molecule has 0 aliphatic heterocycles. The Balaban J connectivity index is 0.000000261. The van der Waals surface area contributed by atoms with Gasteiger partial charge in [0.1, 0.15) is 0 Å². The van der Waals surface area contributed by atoms with Gasteiger partial charge in [0.25, 0.3) is 0 Å². The minimum Gasteiger partial charge on any atom is -0.348 e. The van der Waals surface area contributed by atoms with Crippen molar-refractivity contribution in [3.05, 3.63) is 70.8 Å². The molecule has 0 saturated heterocycles. The third-order valence-electron chi connectivity index (χ3n) is 4.89. The van der Waals surface area contributed by atoms with E-state index in [9.17, 15) is 0 Å². The lowest BCUT2D eigenvalue weighted by Crippen LogP contribution is -2.11. The number of aromatic nitrogens is 4. The Morgan fingerprint density at radius 1 is 0.929 bits per heavy atom. The van der Waals surface area contributed by atoms with Gasteiger partial charge in [0, 0.05) is 35.5 Å². The van der Waals surface area contributed by atoms with Crippen LogP contribution in [0.5, 0.6) is 0 Å². The topological polar surface area (TPSA) is 46.5 Å². The normalized spacial score (nSPS) is 11.9. The molecule has 4 heteroatoms. The Kier molecular flexibility index (Phi) is 6.53. The maximum Gasteiger partial charge on any atom is 0.0952 e. The quantitative estimate of drug-likeness (QED) is 0.605. The molecule has 0 saturated carbocycles. The molecule has 2 heterocycles. The molecule has 0 radical (unpaired) electrons. The largest absolute Gasteiger partial charge is 0.348 e. The van der Waals surface area contributed by atoms with Crippen molar-refractivity contribution >= 4 is 0 Å². The van der Waals surface area contributed by atoms with E-state index in [2.05, 4.69) is 100 Å². The second kappa shape index (κ2) is 8.34. The van der Waals surface area contributed by atoms with Crippen molar-refractivity contribution in [1.82, 2.24) is 19.5 Å². The molecular formula is C24H36N4. The fraction of sp³-hybridized carbons (Fsp3) is 0.500. The van der Waals surface area contributed by atoms with Crippen molar-refractivity contribution in [3.8, 4) is 0 Å². The van der Waals surface area contributed by atoms with Crippen LogP contribution in [0.4, 0.5) is 0 Å².